The summed E-state index contributed by atoms with van der Waals surface area (Å²) in [5.41, 5.74) is -0.743. The number of carboxylic acids is 1. The van der Waals surface area contributed by atoms with Crippen LogP contribution in [-0.4, -0.2) is 55.5 Å². The summed E-state index contributed by atoms with van der Waals surface area (Å²) in [5, 5.41) is 24.6. The molecule has 8 heteroatoms. The normalized spacial score (nSPS) is 17.6. The molecule has 1 aliphatic rings. The van der Waals surface area contributed by atoms with E-state index in [-0.39, 0.29) is 37.8 Å². The van der Waals surface area contributed by atoms with Crippen molar-refractivity contribution in [2.24, 2.45) is 7.05 Å². The Morgan fingerprint density at radius 3 is 2.50 bits per heavy atom. The lowest BCUT2D eigenvalue weighted by Crippen LogP contribution is -2.50. The maximum absolute atomic E-state index is 12.7. The second-order valence-corrected chi connectivity index (χ2v) is 7.65. The number of fused-ring (bicyclic) bond motifs is 1. The average Bonchev–Trinajstić information content (AvgIpc) is 3.08. The highest BCUT2D eigenvalue weighted by atomic mass is 32.1. The van der Waals surface area contributed by atoms with E-state index in [1.165, 1.54) is 11.3 Å². The number of carbonyl (C=O) groups excluding carboxylic acids is 1. The summed E-state index contributed by atoms with van der Waals surface area (Å²) in [6.45, 7) is 4.62. The Hall–Kier alpha value is -1.93. The van der Waals surface area contributed by atoms with Crippen LogP contribution in [0.4, 0.5) is 0 Å². The van der Waals surface area contributed by atoms with Crippen molar-refractivity contribution in [2.75, 3.05) is 13.1 Å². The van der Waals surface area contributed by atoms with Gasteiger partial charge in [0.05, 0.1) is 10.6 Å². The molecule has 3 rings (SSSR count). The van der Waals surface area contributed by atoms with Gasteiger partial charge >= 0.3 is 5.97 Å². The molecule has 1 aliphatic heterocycles. The smallest absolute Gasteiger partial charge is 0.335 e. The number of piperidine rings is 1. The van der Waals surface area contributed by atoms with Crippen LogP contribution in [0, 0.1) is 0 Å². The molecule has 2 N–H and O–H groups in total. The summed E-state index contributed by atoms with van der Waals surface area (Å²) in [7, 11) is 1.87. The minimum absolute atomic E-state index is 0.0533. The van der Waals surface area contributed by atoms with Gasteiger partial charge in [0.2, 0.25) is 0 Å². The number of aromatic nitrogens is 2. The lowest BCUT2D eigenvalue weighted by molar-refractivity contribution is -0.162. The summed E-state index contributed by atoms with van der Waals surface area (Å²) in [4.78, 5) is 27.0. The Bertz CT molecular complexity index is 800. The second kappa shape index (κ2) is 5.86. The molecule has 0 aliphatic carbocycles. The minimum Gasteiger partial charge on any atom is -0.479 e. The van der Waals surface area contributed by atoms with Crippen LogP contribution in [0.15, 0.2) is 6.07 Å². The van der Waals surface area contributed by atoms with Gasteiger partial charge in [0, 0.05) is 38.4 Å². The third kappa shape index (κ3) is 2.69. The molecule has 2 aromatic rings. The Balaban J connectivity index is 1.83. The van der Waals surface area contributed by atoms with E-state index in [9.17, 15) is 14.7 Å². The summed E-state index contributed by atoms with van der Waals surface area (Å²) < 4.78 is 1.80. The molecule has 130 valence electrons. The van der Waals surface area contributed by atoms with Crippen LogP contribution >= 0.6 is 11.3 Å². The molecule has 0 spiro atoms. The van der Waals surface area contributed by atoms with E-state index in [4.69, 9.17) is 5.11 Å². The lowest BCUT2D eigenvalue weighted by atomic mass is 9.91. The van der Waals surface area contributed by atoms with Crippen LogP contribution in [0.3, 0.4) is 0 Å². The molecule has 24 heavy (non-hydrogen) atoms. The number of carbonyl (C=O) groups is 2. The number of aryl methyl sites for hydroxylation is 1. The number of amides is 1. The molecule has 0 aromatic carbocycles. The molecule has 0 bridgehead atoms. The van der Waals surface area contributed by atoms with E-state index in [1.807, 2.05) is 13.1 Å². The summed E-state index contributed by atoms with van der Waals surface area (Å²) in [6.07, 6.45) is 0.107. The summed E-state index contributed by atoms with van der Waals surface area (Å²) >= 11 is 1.40. The van der Waals surface area contributed by atoms with Gasteiger partial charge in [-0.1, -0.05) is 13.8 Å². The number of aliphatic carboxylic acids is 1. The minimum atomic E-state index is -1.72. The van der Waals surface area contributed by atoms with E-state index in [2.05, 4.69) is 18.9 Å². The molecule has 0 radical (unpaired) electrons. The van der Waals surface area contributed by atoms with Crippen LogP contribution in [-0.2, 0) is 11.8 Å². The Labute approximate surface area is 143 Å². The topological polar surface area (TPSA) is 95.7 Å². The third-order valence-corrected chi connectivity index (χ3v) is 5.76. The molecule has 0 unspecified atom stereocenters. The fraction of sp³-hybridized carbons (Fsp3) is 0.562. The number of aliphatic hydroxyl groups is 1. The number of hydrogen-bond acceptors (Lipinski definition) is 5. The first kappa shape index (κ1) is 16.9. The number of likely N-dealkylation sites (tertiary alicyclic amines) is 1. The fourth-order valence-corrected chi connectivity index (χ4v) is 4.10. The highest BCUT2D eigenvalue weighted by Gasteiger charge is 2.40. The Kier molecular flexibility index (Phi) is 4.13. The summed E-state index contributed by atoms with van der Waals surface area (Å²) in [5.74, 6) is -1.06. The van der Waals surface area contributed by atoms with Crippen molar-refractivity contribution in [1.82, 2.24) is 14.7 Å². The number of rotatable bonds is 3. The largest absolute Gasteiger partial charge is 0.479 e. The lowest BCUT2D eigenvalue weighted by Gasteiger charge is -2.35. The molecule has 1 amide bonds. The highest BCUT2D eigenvalue weighted by Crippen LogP contribution is 2.33. The molecule has 0 atom stereocenters. The van der Waals surface area contributed by atoms with Gasteiger partial charge in [-0.25, -0.2) is 4.79 Å². The van der Waals surface area contributed by atoms with Crippen molar-refractivity contribution in [3.05, 3.63) is 16.6 Å². The number of hydrogen-bond donors (Lipinski definition) is 2. The van der Waals surface area contributed by atoms with Crippen LogP contribution < -0.4 is 0 Å². The molecule has 1 fully saturated rings. The molecule has 0 saturated carbocycles. The van der Waals surface area contributed by atoms with Gasteiger partial charge in [0.1, 0.15) is 4.83 Å². The third-order valence-electron chi connectivity index (χ3n) is 4.57. The van der Waals surface area contributed by atoms with Crippen molar-refractivity contribution in [3.8, 4) is 0 Å². The first-order chi connectivity index (χ1) is 11.2. The van der Waals surface area contributed by atoms with Gasteiger partial charge in [-0.2, -0.15) is 5.10 Å². The quantitative estimate of drug-likeness (QED) is 0.879. The van der Waals surface area contributed by atoms with E-state index >= 15 is 0 Å². The Morgan fingerprint density at radius 2 is 1.96 bits per heavy atom. The van der Waals surface area contributed by atoms with Crippen molar-refractivity contribution in [3.63, 3.8) is 0 Å². The molecule has 1 saturated heterocycles. The van der Waals surface area contributed by atoms with Gasteiger partial charge in [-0.3, -0.25) is 9.48 Å². The molecule has 2 aromatic heterocycles. The van der Waals surface area contributed by atoms with Gasteiger partial charge in [0.15, 0.2) is 5.60 Å². The predicted molar refractivity (Wildman–Crippen MR) is 90.4 cm³/mol. The average molecular weight is 351 g/mol. The van der Waals surface area contributed by atoms with Crippen LogP contribution in [0.1, 0.15) is 48.0 Å². The number of carboxylic acid groups (broad SMARTS) is 1. The van der Waals surface area contributed by atoms with Gasteiger partial charge < -0.3 is 15.1 Å². The number of thiophene rings is 1. The SMILES string of the molecule is CC(C)c1nn(C)c2sc(C(=O)N3CCC(O)(C(=O)O)CC3)cc12. The maximum Gasteiger partial charge on any atom is 0.335 e. The van der Waals surface area contributed by atoms with Crippen molar-refractivity contribution < 1.29 is 19.8 Å². The van der Waals surface area contributed by atoms with E-state index in [0.717, 1.165) is 15.9 Å². The zero-order valence-corrected chi connectivity index (χ0v) is 14.8. The zero-order chi connectivity index (χ0) is 17.6. The molecular formula is C16H21N3O4S. The zero-order valence-electron chi connectivity index (χ0n) is 13.9. The first-order valence-electron chi connectivity index (χ1n) is 7.94. The monoisotopic (exact) mass is 351 g/mol. The van der Waals surface area contributed by atoms with Crippen LogP contribution in [0.2, 0.25) is 0 Å². The first-order valence-corrected chi connectivity index (χ1v) is 8.76. The highest BCUT2D eigenvalue weighted by molar-refractivity contribution is 7.20. The maximum atomic E-state index is 12.7. The van der Waals surface area contributed by atoms with Gasteiger partial charge in [-0.05, 0) is 12.0 Å². The van der Waals surface area contributed by atoms with Gasteiger partial charge in [-0.15, -0.1) is 11.3 Å². The molecular weight excluding hydrogens is 330 g/mol. The van der Waals surface area contributed by atoms with Crippen molar-refractivity contribution >= 4 is 33.4 Å². The molecule has 7 nitrogen and oxygen atoms in total. The summed E-state index contributed by atoms with van der Waals surface area (Å²) in [6, 6.07) is 1.88. The van der Waals surface area contributed by atoms with Crippen molar-refractivity contribution in [2.45, 2.75) is 38.2 Å². The standard InChI is InChI=1S/C16H21N3O4S/c1-9(2)12-10-8-11(24-14(10)18(3)17-12)13(20)19-6-4-16(23,5-7-19)15(21)22/h8-9,23H,4-7H2,1-3H3,(H,21,22). The van der Waals surface area contributed by atoms with Crippen LogP contribution in [0.5, 0.6) is 0 Å². The van der Waals surface area contributed by atoms with E-state index in [0.29, 0.717) is 4.88 Å². The van der Waals surface area contributed by atoms with Crippen molar-refractivity contribution in [1.29, 1.82) is 0 Å². The fourth-order valence-electron chi connectivity index (χ4n) is 3.05. The predicted octanol–water partition coefficient (Wildman–Crippen LogP) is 1.81. The second-order valence-electron chi connectivity index (χ2n) is 6.62. The van der Waals surface area contributed by atoms with E-state index in [1.54, 1.807) is 9.58 Å². The van der Waals surface area contributed by atoms with Crippen LogP contribution in [0.25, 0.3) is 10.2 Å². The Morgan fingerprint density at radius 1 is 1.33 bits per heavy atom. The van der Waals surface area contributed by atoms with Gasteiger partial charge in [0.25, 0.3) is 5.91 Å². The van der Waals surface area contributed by atoms with E-state index < -0.39 is 11.6 Å². The number of nitrogens with zero attached hydrogens (tertiary/aromatic N) is 3. The molecule has 3 heterocycles.